The van der Waals surface area contributed by atoms with Crippen LogP contribution in [0, 0.1) is 0 Å². The van der Waals surface area contributed by atoms with Crippen LogP contribution < -0.4 is 21.5 Å². The van der Waals surface area contributed by atoms with Crippen LogP contribution in [-0.4, -0.2) is 49.5 Å². The molecule has 1 aromatic rings. The molecule has 0 amide bonds. The molecule has 1 aromatic carbocycles. The fourth-order valence-electron chi connectivity index (χ4n) is 1.95. The van der Waals surface area contributed by atoms with Crippen molar-refractivity contribution in [1.29, 1.82) is 0 Å². The summed E-state index contributed by atoms with van der Waals surface area (Å²) in [6.07, 6.45) is -3.09. The lowest BCUT2D eigenvalue weighted by Gasteiger charge is -2.18. The molecule has 0 radical (unpaired) electrons. The van der Waals surface area contributed by atoms with Gasteiger partial charge in [-0.1, -0.05) is 19.1 Å². The molecule has 25 heavy (non-hydrogen) atoms. The molecule has 0 bridgehead atoms. The Morgan fingerprint density at radius 3 is 2.32 bits per heavy atom. The van der Waals surface area contributed by atoms with Gasteiger partial charge in [0.05, 0.1) is 6.54 Å². The number of quaternary nitrogens is 1. The molecular weight excluding hydrogens is 339 g/mol. The number of alkyl halides is 3. The van der Waals surface area contributed by atoms with E-state index in [9.17, 15) is 18.3 Å². The SMILES string of the molecule is CCN[C@H](CNCCC[NH3+])Cc1ccc(O)cc1.O=C([O-])C(F)(F)F. The third-order valence-electron chi connectivity index (χ3n) is 3.14. The first-order valence-corrected chi connectivity index (χ1v) is 8.00. The van der Waals surface area contributed by atoms with Crippen molar-refractivity contribution in [3.8, 4) is 5.75 Å². The maximum absolute atomic E-state index is 10.5. The molecule has 9 heteroatoms. The van der Waals surface area contributed by atoms with E-state index in [1.807, 2.05) is 12.1 Å². The highest BCUT2D eigenvalue weighted by molar-refractivity contribution is 5.70. The Hall–Kier alpha value is -1.84. The van der Waals surface area contributed by atoms with E-state index in [-0.39, 0.29) is 0 Å². The molecule has 0 unspecified atom stereocenters. The van der Waals surface area contributed by atoms with Gasteiger partial charge in [-0.15, -0.1) is 0 Å². The van der Waals surface area contributed by atoms with E-state index < -0.39 is 12.1 Å². The summed E-state index contributed by atoms with van der Waals surface area (Å²) in [6, 6.07) is 7.89. The summed E-state index contributed by atoms with van der Waals surface area (Å²) in [7, 11) is 0. The van der Waals surface area contributed by atoms with Crippen LogP contribution in [0.2, 0.25) is 0 Å². The number of carboxylic acids is 1. The van der Waals surface area contributed by atoms with Crippen molar-refractivity contribution in [2.75, 3.05) is 26.2 Å². The number of aromatic hydroxyl groups is 1. The molecule has 0 aliphatic carbocycles. The van der Waals surface area contributed by atoms with Crippen LogP contribution in [-0.2, 0) is 11.2 Å². The first-order chi connectivity index (χ1) is 11.7. The molecule has 0 aromatic heterocycles. The highest BCUT2D eigenvalue weighted by atomic mass is 19.4. The van der Waals surface area contributed by atoms with Crippen LogP contribution in [0.3, 0.4) is 0 Å². The standard InChI is InChI=1S/C14H25N3O.C2HF3O2/c1-2-17-13(11-16-9-3-8-15)10-12-4-6-14(18)7-5-12;3-2(4,5)1(6)7/h4-7,13,16-18H,2-3,8-11,15H2,1H3;(H,6,7)/t13-;/m0./s1. The van der Waals surface area contributed by atoms with Gasteiger partial charge in [-0.2, -0.15) is 13.2 Å². The number of carbonyl (C=O) groups excluding carboxylic acids is 1. The van der Waals surface area contributed by atoms with Gasteiger partial charge >= 0.3 is 6.18 Å². The summed E-state index contributed by atoms with van der Waals surface area (Å²) in [5.41, 5.74) is 5.08. The Bertz CT molecular complexity index is 482. The zero-order valence-electron chi connectivity index (χ0n) is 14.2. The van der Waals surface area contributed by atoms with Crippen molar-refractivity contribution in [1.82, 2.24) is 10.6 Å². The number of carboxylic acid groups (broad SMARTS) is 1. The molecule has 0 spiro atoms. The second-order valence-corrected chi connectivity index (χ2v) is 5.32. The molecule has 144 valence electrons. The number of rotatable bonds is 9. The van der Waals surface area contributed by atoms with Crippen molar-refractivity contribution in [2.24, 2.45) is 0 Å². The zero-order valence-corrected chi connectivity index (χ0v) is 14.2. The molecular formula is C16H26F3N3O3. The Balaban J connectivity index is 0.000000697. The summed E-state index contributed by atoms with van der Waals surface area (Å²) in [5.74, 6) is -2.68. The van der Waals surface area contributed by atoms with Gasteiger partial charge in [0, 0.05) is 25.6 Å². The fraction of sp³-hybridized carbons (Fsp3) is 0.562. The molecule has 0 fully saturated rings. The number of nitrogens with one attached hydrogen (secondary N) is 2. The van der Waals surface area contributed by atoms with Gasteiger partial charge in [0.15, 0.2) is 0 Å². The largest absolute Gasteiger partial charge is 0.542 e. The number of carbonyl (C=O) groups is 1. The van der Waals surface area contributed by atoms with Crippen LogP contribution in [0.15, 0.2) is 24.3 Å². The molecule has 6 nitrogen and oxygen atoms in total. The fourth-order valence-corrected chi connectivity index (χ4v) is 1.95. The third-order valence-corrected chi connectivity index (χ3v) is 3.14. The predicted molar refractivity (Wildman–Crippen MR) is 85.6 cm³/mol. The number of phenolic OH excluding ortho intramolecular Hbond substituents is 1. The molecule has 1 atom stereocenters. The minimum absolute atomic E-state index is 0.326. The van der Waals surface area contributed by atoms with Gasteiger partial charge < -0.3 is 31.4 Å². The summed E-state index contributed by atoms with van der Waals surface area (Å²) >= 11 is 0. The maximum Gasteiger partial charge on any atom is 0.430 e. The second kappa shape index (κ2) is 12.5. The summed E-state index contributed by atoms with van der Waals surface area (Å²) in [6.45, 7) is 6.08. The van der Waals surface area contributed by atoms with Crippen molar-refractivity contribution >= 4 is 5.97 Å². The van der Waals surface area contributed by atoms with Crippen LogP contribution in [0.4, 0.5) is 13.2 Å². The van der Waals surface area contributed by atoms with Gasteiger partial charge in [0.25, 0.3) is 0 Å². The summed E-state index contributed by atoms with van der Waals surface area (Å²) < 4.78 is 31.5. The number of hydrogen-bond acceptors (Lipinski definition) is 5. The lowest BCUT2D eigenvalue weighted by atomic mass is 10.1. The number of hydrogen-bond donors (Lipinski definition) is 4. The molecule has 0 saturated carbocycles. The Kier molecular flexibility index (Phi) is 11.6. The quantitative estimate of drug-likeness (QED) is 0.438. The summed E-state index contributed by atoms with van der Waals surface area (Å²) in [5, 5.41) is 25.0. The average Bonchev–Trinajstić information content (AvgIpc) is 2.53. The van der Waals surface area contributed by atoms with Gasteiger partial charge in [-0.3, -0.25) is 0 Å². The average molecular weight is 365 g/mol. The van der Waals surface area contributed by atoms with E-state index in [1.165, 1.54) is 5.56 Å². The normalized spacial score (nSPS) is 12.2. The van der Waals surface area contributed by atoms with Gasteiger partial charge in [-0.05, 0) is 30.7 Å². The zero-order chi connectivity index (χ0) is 19.3. The third kappa shape index (κ3) is 12.2. The van der Waals surface area contributed by atoms with Crippen molar-refractivity contribution in [3.05, 3.63) is 29.8 Å². The van der Waals surface area contributed by atoms with E-state index in [0.29, 0.717) is 11.8 Å². The van der Waals surface area contributed by atoms with Crippen molar-refractivity contribution < 1.29 is 33.9 Å². The van der Waals surface area contributed by atoms with E-state index in [1.54, 1.807) is 12.1 Å². The number of likely N-dealkylation sites (N-methyl/N-ethyl adjacent to an activating group) is 1. The topological polar surface area (TPSA) is 112 Å². The van der Waals surface area contributed by atoms with Crippen molar-refractivity contribution in [2.45, 2.75) is 32.0 Å². The Morgan fingerprint density at radius 1 is 1.32 bits per heavy atom. The first kappa shape index (κ1) is 23.2. The van der Waals surface area contributed by atoms with E-state index in [0.717, 1.165) is 39.0 Å². The highest BCUT2D eigenvalue weighted by Gasteiger charge is 2.28. The molecule has 0 aliphatic rings. The molecule has 1 rings (SSSR count). The van der Waals surface area contributed by atoms with Crippen LogP contribution >= 0.6 is 0 Å². The monoisotopic (exact) mass is 365 g/mol. The smallest absolute Gasteiger partial charge is 0.430 e. The number of halogens is 3. The first-order valence-electron chi connectivity index (χ1n) is 8.00. The molecule has 0 heterocycles. The van der Waals surface area contributed by atoms with Crippen molar-refractivity contribution in [3.63, 3.8) is 0 Å². The predicted octanol–water partition coefficient (Wildman–Crippen LogP) is -0.567. The van der Waals surface area contributed by atoms with Crippen LogP contribution in [0.1, 0.15) is 18.9 Å². The summed E-state index contributed by atoms with van der Waals surface area (Å²) in [4.78, 5) is 8.78. The number of phenols is 1. The number of benzene rings is 1. The minimum atomic E-state index is -5.19. The van der Waals surface area contributed by atoms with Crippen LogP contribution in [0.5, 0.6) is 5.75 Å². The van der Waals surface area contributed by atoms with E-state index >= 15 is 0 Å². The Morgan fingerprint density at radius 2 is 1.88 bits per heavy atom. The Labute approximate surface area is 145 Å². The maximum atomic E-state index is 10.5. The van der Waals surface area contributed by atoms with E-state index in [2.05, 4.69) is 23.3 Å². The second-order valence-electron chi connectivity index (χ2n) is 5.32. The molecule has 0 saturated heterocycles. The lowest BCUT2D eigenvalue weighted by molar-refractivity contribution is -0.367. The lowest BCUT2D eigenvalue weighted by Crippen LogP contribution is -2.51. The molecule has 6 N–H and O–H groups in total. The van der Waals surface area contributed by atoms with Crippen LogP contribution in [0.25, 0.3) is 0 Å². The van der Waals surface area contributed by atoms with Gasteiger partial charge in [0.1, 0.15) is 11.7 Å². The number of aliphatic carboxylic acids is 1. The van der Waals surface area contributed by atoms with Gasteiger partial charge in [-0.25, -0.2) is 0 Å². The van der Waals surface area contributed by atoms with Gasteiger partial charge in [0.2, 0.25) is 0 Å². The highest BCUT2D eigenvalue weighted by Crippen LogP contribution is 2.12. The minimum Gasteiger partial charge on any atom is -0.542 e. The molecule has 0 aliphatic heterocycles. The van der Waals surface area contributed by atoms with E-state index in [4.69, 9.17) is 9.90 Å².